The summed E-state index contributed by atoms with van der Waals surface area (Å²) in [6.45, 7) is 4.69. The zero-order chi connectivity index (χ0) is 29.1. The van der Waals surface area contributed by atoms with Gasteiger partial charge in [0.1, 0.15) is 18.0 Å². The summed E-state index contributed by atoms with van der Waals surface area (Å²) in [5.41, 5.74) is 1.07. The van der Waals surface area contributed by atoms with Crippen molar-refractivity contribution in [3.8, 4) is 11.6 Å². The summed E-state index contributed by atoms with van der Waals surface area (Å²) in [5, 5.41) is 4.12. The second-order valence-electron chi connectivity index (χ2n) is 11.3. The average Bonchev–Trinajstić information content (AvgIpc) is 3.39. The molecule has 2 aliphatic heterocycles. The Labute approximate surface area is 246 Å². The van der Waals surface area contributed by atoms with Crippen LogP contribution in [0.15, 0.2) is 30.7 Å². The Morgan fingerprint density at radius 1 is 0.929 bits per heavy atom. The molecule has 14 heteroatoms. The number of fused-ring (bicyclic) bond motifs is 1. The minimum atomic E-state index is -3.45. The number of ether oxygens (including phenoxy) is 3. The van der Waals surface area contributed by atoms with Crippen molar-refractivity contribution in [3.05, 3.63) is 30.7 Å². The van der Waals surface area contributed by atoms with E-state index < -0.39 is 10.0 Å². The minimum Gasteiger partial charge on any atom is -0.486 e. The molecule has 13 nitrogen and oxygen atoms in total. The van der Waals surface area contributed by atoms with Gasteiger partial charge in [0.2, 0.25) is 21.9 Å². The summed E-state index contributed by atoms with van der Waals surface area (Å²) in [5.74, 6) is 2.53. The number of hydrogen-bond acceptors (Lipinski definition) is 12. The molecule has 1 saturated carbocycles. The zero-order valence-electron chi connectivity index (χ0n) is 24.0. The molecule has 0 bridgehead atoms. The van der Waals surface area contributed by atoms with E-state index in [1.807, 2.05) is 6.07 Å². The first-order chi connectivity index (χ1) is 20.3. The van der Waals surface area contributed by atoms with E-state index in [9.17, 15) is 8.42 Å². The molecule has 1 atom stereocenters. The highest BCUT2D eigenvalue weighted by molar-refractivity contribution is 7.92. The van der Waals surface area contributed by atoms with E-state index in [0.29, 0.717) is 47.4 Å². The van der Waals surface area contributed by atoms with E-state index in [1.54, 1.807) is 18.5 Å². The monoisotopic (exact) mass is 598 g/mol. The number of aromatic nitrogens is 4. The molecule has 2 saturated heterocycles. The van der Waals surface area contributed by atoms with E-state index in [1.165, 1.54) is 6.20 Å². The molecule has 3 aromatic heterocycles. The van der Waals surface area contributed by atoms with Gasteiger partial charge >= 0.3 is 0 Å². The Kier molecular flexibility index (Phi) is 8.45. The number of hydrogen-bond donors (Lipinski definition) is 2. The lowest BCUT2D eigenvalue weighted by Crippen LogP contribution is -2.37. The molecule has 3 aliphatic rings. The number of sulfonamides is 1. The molecule has 226 valence electrons. The highest BCUT2D eigenvalue weighted by Gasteiger charge is 2.26. The number of likely N-dealkylation sites (N-methyl/N-ethyl adjacent to an activating group) is 1. The fraction of sp³-hybridized carbons (Fsp3) is 0.571. The van der Waals surface area contributed by atoms with Gasteiger partial charge in [-0.25, -0.2) is 18.4 Å². The fourth-order valence-corrected chi connectivity index (χ4v) is 6.23. The van der Waals surface area contributed by atoms with Crippen LogP contribution in [0.1, 0.15) is 32.1 Å². The standard InChI is InChI=1S/C28H38N8O5S/c1-35-8-7-22(18-35)40-23-16-30-28(31-17-23)32-19-3-5-21(6-4-19)41-27-24-13-20(34-42(2,37)38)15-29-25(24)14-26(33-27)36-9-11-39-12-10-36/h13-17,19,21-22,34H,3-12,18H2,1-2H3,(H,30,31,32)/t19-,21+,22-/m1/s1. The topological polar surface area (TPSA) is 144 Å². The maximum Gasteiger partial charge on any atom is 0.229 e. The van der Waals surface area contributed by atoms with Crippen molar-refractivity contribution in [2.24, 2.45) is 0 Å². The molecule has 1 aliphatic carbocycles. The maximum absolute atomic E-state index is 11.8. The predicted octanol–water partition coefficient (Wildman–Crippen LogP) is 2.51. The van der Waals surface area contributed by atoms with Crippen molar-refractivity contribution in [3.63, 3.8) is 0 Å². The third-order valence-corrected chi connectivity index (χ3v) is 8.44. The van der Waals surface area contributed by atoms with Crippen LogP contribution in [0.2, 0.25) is 0 Å². The SMILES string of the molecule is CN1CC[C@@H](Oc2cnc(N[C@H]3CC[C@@H](Oc4nc(N5CCOCC5)cc5ncc(NS(C)(=O)=O)cc45)CC3)nc2)C1. The number of pyridine rings is 2. The highest BCUT2D eigenvalue weighted by atomic mass is 32.2. The van der Waals surface area contributed by atoms with Crippen molar-refractivity contribution in [1.29, 1.82) is 0 Å². The quantitative estimate of drug-likeness (QED) is 0.373. The molecule has 0 radical (unpaired) electrons. The van der Waals surface area contributed by atoms with E-state index in [2.05, 4.69) is 41.8 Å². The van der Waals surface area contributed by atoms with Crippen LogP contribution in [-0.4, -0.2) is 104 Å². The van der Waals surface area contributed by atoms with Crippen LogP contribution in [0, 0.1) is 0 Å². The predicted molar refractivity (Wildman–Crippen MR) is 160 cm³/mol. The van der Waals surface area contributed by atoms with Crippen LogP contribution in [-0.2, 0) is 14.8 Å². The van der Waals surface area contributed by atoms with E-state index in [4.69, 9.17) is 19.2 Å². The van der Waals surface area contributed by atoms with Crippen molar-refractivity contribution in [2.75, 3.05) is 67.6 Å². The third kappa shape index (κ3) is 7.28. The van der Waals surface area contributed by atoms with Crippen LogP contribution in [0.25, 0.3) is 10.9 Å². The molecule has 42 heavy (non-hydrogen) atoms. The Balaban J connectivity index is 1.11. The van der Waals surface area contributed by atoms with Gasteiger partial charge in [0.05, 0.1) is 54.7 Å². The molecule has 5 heterocycles. The lowest BCUT2D eigenvalue weighted by Gasteiger charge is -2.31. The summed E-state index contributed by atoms with van der Waals surface area (Å²) < 4.78 is 44.2. The first-order valence-corrected chi connectivity index (χ1v) is 16.4. The molecule has 0 aromatic carbocycles. The molecule has 2 N–H and O–H groups in total. The Bertz CT molecular complexity index is 1480. The van der Waals surface area contributed by atoms with Crippen LogP contribution in [0.4, 0.5) is 17.5 Å². The lowest BCUT2D eigenvalue weighted by atomic mass is 9.93. The number of rotatable bonds is 9. The van der Waals surface area contributed by atoms with Gasteiger partial charge in [-0.1, -0.05) is 0 Å². The van der Waals surface area contributed by atoms with Crippen LogP contribution >= 0.6 is 0 Å². The Morgan fingerprint density at radius 3 is 2.38 bits per heavy atom. The molecule has 0 amide bonds. The van der Waals surface area contributed by atoms with Gasteiger partial charge in [0, 0.05) is 38.3 Å². The van der Waals surface area contributed by atoms with Crippen LogP contribution in [0.3, 0.4) is 0 Å². The van der Waals surface area contributed by atoms with Crippen molar-refractivity contribution in [2.45, 2.75) is 50.4 Å². The first-order valence-electron chi connectivity index (χ1n) is 14.5. The van der Waals surface area contributed by atoms with Gasteiger partial charge in [0.25, 0.3) is 0 Å². The van der Waals surface area contributed by atoms with E-state index in [0.717, 1.165) is 70.4 Å². The summed E-state index contributed by atoms with van der Waals surface area (Å²) >= 11 is 0. The van der Waals surface area contributed by atoms with Crippen LogP contribution < -0.4 is 24.4 Å². The summed E-state index contributed by atoms with van der Waals surface area (Å²) in [4.78, 5) is 22.8. The molecule has 0 unspecified atom stereocenters. The summed E-state index contributed by atoms with van der Waals surface area (Å²) in [7, 11) is -1.35. The van der Waals surface area contributed by atoms with Crippen LogP contribution in [0.5, 0.6) is 11.6 Å². The molecule has 3 aromatic rings. The Morgan fingerprint density at radius 2 is 1.69 bits per heavy atom. The molecule has 3 fully saturated rings. The largest absolute Gasteiger partial charge is 0.486 e. The lowest BCUT2D eigenvalue weighted by molar-refractivity contribution is 0.122. The van der Waals surface area contributed by atoms with Gasteiger partial charge in [-0.3, -0.25) is 9.71 Å². The smallest absolute Gasteiger partial charge is 0.229 e. The van der Waals surface area contributed by atoms with Gasteiger partial charge in [-0.2, -0.15) is 4.98 Å². The number of likely N-dealkylation sites (tertiary alicyclic amines) is 1. The second kappa shape index (κ2) is 12.4. The van der Waals surface area contributed by atoms with Crippen molar-refractivity contribution < 1.29 is 22.6 Å². The molecular formula is C28H38N8O5S. The molecule has 0 spiro atoms. The highest BCUT2D eigenvalue weighted by Crippen LogP contribution is 2.33. The summed E-state index contributed by atoms with van der Waals surface area (Å²) in [6.07, 6.45) is 10.7. The number of anilines is 3. The van der Waals surface area contributed by atoms with Crippen molar-refractivity contribution >= 4 is 38.4 Å². The average molecular weight is 599 g/mol. The first kappa shape index (κ1) is 28.6. The van der Waals surface area contributed by atoms with Gasteiger partial charge in [-0.05, 0) is 45.2 Å². The Hall–Kier alpha value is -3.49. The molecular weight excluding hydrogens is 560 g/mol. The van der Waals surface area contributed by atoms with Gasteiger partial charge in [-0.15, -0.1) is 0 Å². The van der Waals surface area contributed by atoms with E-state index in [-0.39, 0.29) is 18.2 Å². The second-order valence-corrected chi connectivity index (χ2v) is 13.1. The normalized spacial score (nSPS) is 23.6. The number of morpholine rings is 1. The van der Waals surface area contributed by atoms with Gasteiger partial charge < -0.3 is 29.3 Å². The number of nitrogens with zero attached hydrogens (tertiary/aromatic N) is 6. The van der Waals surface area contributed by atoms with Gasteiger partial charge in [0.15, 0.2) is 5.75 Å². The minimum absolute atomic E-state index is 0.0357. The zero-order valence-corrected chi connectivity index (χ0v) is 24.8. The third-order valence-electron chi connectivity index (χ3n) is 7.83. The molecule has 6 rings (SSSR count). The summed E-state index contributed by atoms with van der Waals surface area (Å²) in [6, 6.07) is 3.88. The fourth-order valence-electron chi connectivity index (χ4n) is 5.69. The van der Waals surface area contributed by atoms with E-state index >= 15 is 0 Å². The number of nitrogens with one attached hydrogen (secondary N) is 2. The van der Waals surface area contributed by atoms with Crippen molar-refractivity contribution in [1.82, 2.24) is 24.8 Å². The maximum atomic E-state index is 11.8.